The van der Waals surface area contributed by atoms with Gasteiger partial charge in [0.25, 0.3) is 11.1 Å². The van der Waals surface area contributed by atoms with Gasteiger partial charge in [0, 0.05) is 36.4 Å². The van der Waals surface area contributed by atoms with Crippen LogP contribution >= 0.6 is 0 Å². The number of nitrogens with one attached hydrogen (secondary N) is 4. The molecular weight excluding hydrogens is 709 g/mol. The number of isocyanates is 1. The van der Waals surface area contributed by atoms with Crippen LogP contribution in [0.5, 0.6) is 0 Å². The summed E-state index contributed by atoms with van der Waals surface area (Å²) in [6.45, 7) is 13.0. The molecule has 56 heavy (non-hydrogen) atoms. The van der Waals surface area contributed by atoms with E-state index in [1.165, 1.54) is 16.5 Å². The molecule has 0 radical (unpaired) electrons. The van der Waals surface area contributed by atoms with Crippen molar-refractivity contribution in [3.63, 3.8) is 0 Å². The first-order chi connectivity index (χ1) is 26.8. The van der Waals surface area contributed by atoms with Crippen molar-refractivity contribution in [1.82, 2.24) is 20.2 Å². The van der Waals surface area contributed by atoms with Gasteiger partial charge in [-0.1, -0.05) is 47.5 Å². The van der Waals surface area contributed by atoms with Gasteiger partial charge in [-0.05, 0) is 123 Å². The van der Waals surface area contributed by atoms with E-state index in [4.69, 9.17) is 5.11 Å². The molecule has 292 valence electrons. The van der Waals surface area contributed by atoms with Crippen molar-refractivity contribution in [3.8, 4) is 0 Å². The smallest absolute Gasteiger partial charge is 0.322 e. The Labute approximate surface area is 326 Å². The number of fused-ring (bicyclic) bond motifs is 2. The number of rotatable bonds is 10. The third kappa shape index (κ3) is 12.2. The minimum absolute atomic E-state index is 0.0695. The summed E-state index contributed by atoms with van der Waals surface area (Å²) in [5.74, 6) is 0. The summed E-state index contributed by atoms with van der Waals surface area (Å²) in [5, 5.41) is 25.9. The number of nitrogens with zero attached hydrogens (tertiary/aromatic N) is 2. The summed E-state index contributed by atoms with van der Waals surface area (Å²) in [7, 11) is 0. The van der Waals surface area contributed by atoms with E-state index in [0.717, 1.165) is 49.6 Å². The Morgan fingerprint density at radius 1 is 0.714 bits per heavy atom. The number of hydrogen-bond acceptors (Lipinski definition) is 8. The zero-order valence-corrected chi connectivity index (χ0v) is 32.7. The van der Waals surface area contributed by atoms with Crippen LogP contribution in [0.3, 0.4) is 0 Å². The molecule has 0 fully saturated rings. The number of amides is 2. The number of aliphatic imine (C=N–C) groups is 1. The van der Waals surface area contributed by atoms with E-state index in [9.17, 15) is 24.3 Å². The molecule has 0 aliphatic carbocycles. The lowest BCUT2D eigenvalue weighted by atomic mass is 10.1. The normalized spacial score (nSPS) is 10.5. The van der Waals surface area contributed by atoms with Gasteiger partial charge in [-0.2, -0.15) is 4.99 Å². The maximum atomic E-state index is 12.7. The number of hydrogen-bond donors (Lipinski definition) is 6. The van der Waals surface area contributed by atoms with E-state index in [2.05, 4.69) is 37.7 Å². The number of H-pyrrole nitrogens is 2. The van der Waals surface area contributed by atoms with Crippen LogP contribution in [-0.2, 0) is 17.9 Å². The molecule has 12 heteroatoms. The Kier molecular flexibility index (Phi) is 15.6. The van der Waals surface area contributed by atoms with Crippen LogP contribution in [0.15, 0.2) is 99.5 Å². The van der Waals surface area contributed by atoms with Crippen LogP contribution in [0.25, 0.3) is 21.8 Å². The van der Waals surface area contributed by atoms with Crippen molar-refractivity contribution in [2.24, 2.45) is 4.99 Å². The summed E-state index contributed by atoms with van der Waals surface area (Å²) in [5.41, 5.74) is 10.4. The Balaban J connectivity index is 0.000000211. The molecule has 2 amide bonds. The first-order valence-electron chi connectivity index (χ1n) is 18.3. The molecule has 0 aliphatic rings. The minimum Gasteiger partial charge on any atom is -0.395 e. The van der Waals surface area contributed by atoms with Gasteiger partial charge in [-0.3, -0.25) is 9.59 Å². The molecule has 6 aromatic rings. The molecule has 0 unspecified atom stereocenters. The van der Waals surface area contributed by atoms with E-state index in [1.54, 1.807) is 12.1 Å². The highest BCUT2D eigenvalue weighted by atomic mass is 16.3. The Morgan fingerprint density at radius 2 is 1.29 bits per heavy atom. The number of aliphatic hydroxyl groups excluding tert-OH is 2. The fourth-order valence-electron chi connectivity index (χ4n) is 6.27. The van der Waals surface area contributed by atoms with Gasteiger partial charge < -0.3 is 35.7 Å². The standard InChI is InChI=1S/C22H25N3O3.C14H18N2O2.C8H7NO/c1-14-5-4-6-19(11-14)23-22(28)25(7-8-26)13-18-12-17-10-15(2)9-16(3)20(17)24-21(18)27;1-9-5-10(2)13-11(6-9)7-12(14(18)16-13)8-15-3-4-17;1-7-3-2-4-8(5-7)9-6-10/h4-6,9-12,26H,7-8,13H2,1-3H3,(H,23,28)(H,24,27);5-7,15,17H,3-4,8H2,1-2H3,(H,16,18);2-5H,1H3. The number of carbonyl (C=O) groups is 1. The average molecular weight is 759 g/mol. The second kappa shape index (κ2) is 20.5. The van der Waals surface area contributed by atoms with Crippen molar-refractivity contribution in [1.29, 1.82) is 0 Å². The van der Waals surface area contributed by atoms with Crippen LogP contribution in [0.4, 0.5) is 16.2 Å². The molecule has 2 heterocycles. The monoisotopic (exact) mass is 758 g/mol. The molecule has 6 N–H and O–H groups in total. The maximum Gasteiger partial charge on any atom is 0.322 e. The van der Waals surface area contributed by atoms with Gasteiger partial charge in [0.15, 0.2) is 0 Å². The fraction of sp³-hybridized carbons (Fsp3) is 0.273. The van der Waals surface area contributed by atoms with E-state index >= 15 is 0 Å². The second-order valence-corrected chi connectivity index (χ2v) is 13.7. The minimum atomic E-state index is -0.362. The van der Waals surface area contributed by atoms with Crippen molar-refractivity contribution in [2.45, 2.75) is 54.6 Å². The van der Waals surface area contributed by atoms with E-state index in [1.807, 2.05) is 102 Å². The lowest BCUT2D eigenvalue weighted by molar-refractivity contribution is 0.185. The quantitative estimate of drug-likeness (QED) is 0.0513. The van der Waals surface area contributed by atoms with E-state index in [-0.39, 0.29) is 43.5 Å². The van der Waals surface area contributed by atoms with Crippen molar-refractivity contribution < 1.29 is 19.8 Å². The first kappa shape index (κ1) is 42.6. The average Bonchev–Trinajstić information content (AvgIpc) is 3.13. The third-order valence-electron chi connectivity index (χ3n) is 8.81. The van der Waals surface area contributed by atoms with Crippen LogP contribution in [0, 0.1) is 41.5 Å². The number of aromatic amines is 2. The summed E-state index contributed by atoms with van der Waals surface area (Å²) in [6.07, 6.45) is 1.49. The zero-order valence-electron chi connectivity index (χ0n) is 32.7. The summed E-state index contributed by atoms with van der Waals surface area (Å²) in [6, 6.07) is 26.4. The zero-order chi connectivity index (χ0) is 40.8. The number of benzene rings is 4. The molecule has 4 aromatic carbocycles. The van der Waals surface area contributed by atoms with Gasteiger partial charge in [0.2, 0.25) is 6.08 Å². The fourth-order valence-corrected chi connectivity index (χ4v) is 6.27. The van der Waals surface area contributed by atoms with Crippen LogP contribution in [0.2, 0.25) is 0 Å². The van der Waals surface area contributed by atoms with Crippen molar-refractivity contribution >= 4 is 45.3 Å². The predicted octanol–water partition coefficient (Wildman–Crippen LogP) is 6.67. The number of aliphatic hydroxyl groups is 2. The molecule has 2 aromatic heterocycles. The molecule has 0 aliphatic heterocycles. The molecular formula is C44H50N6O6. The lowest BCUT2D eigenvalue weighted by Crippen LogP contribution is -2.38. The Morgan fingerprint density at radius 3 is 1.84 bits per heavy atom. The second-order valence-electron chi connectivity index (χ2n) is 13.7. The van der Waals surface area contributed by atoms with Crippen LogP contribution in [-0.4, -0.2) is 63.5 Å². The Bertz CT molecular complexity index is 2470. The molecule has 0 bridgehead atoms. The van der Waals surface area contributed by atoms with Crippen LogP contribution in [0.1, 0.15) is 44.5 Å². The van der Waals surface area contributed by atoms with Crippen molar-refractivity contribution in [3.05, 3.63) is 150 Å². The topological polar surface area (TPSA) is 180 Å². The molecule has 6 rings (SSSR count). The number of pyridine rings is 2. The highest BCUT2D eigenvalue weighted by Gasteiger charge is 2.17. The third-order valence-corrected chi connectivity index (χ3v) is 8.81. The lowest BCUT2D eigenvalue weighted by Gasteiger charge is -2.22. The van der Waals surface area contributed by atoms with Gasteiger partial charge in [0.05, 0.1) is 36.5 Å². The number of urea groups is 1. The summed E-state index contributed by atoms with van der Waals surface area (Å²) >= 11 is 0. The molecule has 0 saturated heterocycles. The summed E-state index contributed by atoms with van der Waals surface area (Å²) in [4.78, 5) is 57.7. The molecule has 12 nitrogen and oxygen atoms in total. The highest BCUT2D eigenvalue weighted by Crippen LogP contribution is 2.20. The predicted molar refractivity (Wildman–Crippen MR) is 224 cm³/mol. The van der Waals surface area contributed by atoms with Gasteiger partial charge in [-0.25, -0.2) is 9.59 Å². The number of anilines is 1. The molecule has 0 atom stereocenters. The molecule has 0 spiro atoms. The number of aromatic nitrogens is 2. The van der Waals surface area contributed by atoms with Crippen LogP contribution < -0.4 is 21.8 Å². The number of carbonyl (C=O) groups excluding carboxylic acids is 2. The maximum absolute atomic E-state index is 12.7. The highest BCUT2D eigenvalue weighted by molar-refractivity contribution is 5.89. The first-order valence-corrected chi connectivity index (χ1v) is 18.3. The summed E-state index contributed by atoms with van der Waals surface area (Å²) < 4.78 is 0. The largest absolute Gasteiger partial charge is 0.395 e. The van der Waals surface area contributed by atoms with E-state index in [0.29, 0.717) is 35.6 Å². The molecule has 0 saturated carbocycles. The van der Waals surface area contributed by atoms with Gasteiger partial charge in [-0.15, -0.1) is 0 Å². The van der Waals surface area contributed by atoms with E-state index < -0.39 is 0 Å². The SMILES string of the molecule is Cc1cc(C)c2[nH]c(=O)c(CNCCO)cc2c1.Cc1cccc(N=C=O)c1.Cc1cccc(NC(=O)N(CCO)Cc2cc3cc(C)cc(C)c3[nH]c2=O)c1. The Hall–Kier alpha value is -6.17. The van der Waals surface area contributed by atoms with Gasteiger partial charge >= 0.3 is 6.03 Å². The number of aryl methyl sites for hydroxylation is 6. The van der Waals surface area contributed by atoms with Gasteiger partial charge in [0.1, 0.15) is 0 Å². The van der Waals surface area contributed by atoms with Crippen molar-refractivity contribution in [2.75, 3.05) is 31.6 Å².